The number of sulfonamides is 1. The van der Waals surface area contributed by atoms with Crippen LogP contribution in [0.25, 0.3) is 0 Å². The fourth-order valence-corrected chi connectivity index (χ4v) is 3.18. The van der Waals surface area contributed by atoms with Crippen LogP contribution in [0.3, 0.4) is 0 Å². The van der Waals surface area contributed by atoms with E-state index in [0.717, 1.165) is 12.8 Å². The molecule has 1 aromatic rings. The monoisotopic (exact) mass is 315 g/mol. The van der Waals surface area contributed by atoms with Crippen LogP contribution in [0.2, 0.25) is 0 Å². The Balaban J connectivity index is 2.24. The Bertz CT molecular complexity index is 623. The summed E-state index contributed by atoms with van der Waals surface area (Å²) < 4.78 is 30.8. The van der Waals surface area contributed by atoms with Crippen LogP contribution in [0.1, 0.15) is 29.0 Å². The van der Waals surface area contributed by atoms with Crippen molar-refractivity contribution in [3.8, 4) is 0 Å². The van der Waals surface area contributed by atoms with Gasteiger partial charge in [0.05, 0.1) is 5.56 Å². The molecule has 0 saturated carbocycles. The molecule has 1 amide bonds. The highest BCUT2D eigenvalue weighted by Gasteiger charge is 2.28. The van der Waals surface area contributed by atoms with Crippen molar-refractivity contribution in [2.24, 2.45) is 0 Å². The molecular formula is C13H21N3O4S. The maximum Gasteiger partial charge on any atom is 0.273 e. The summed E-state index contributed by atoms with van der Waals surface area (Å²) >= 11 is 0. The van der Waals surface area contributed by atoms with Gasteiger partial charge in [0.1, 0.15) is 5.76 Å². The number of furan rings is 1. The summed E-state index contributed by atoms with van der Waals surface area (Å²) in [7, 11) is -0.503. The molecule has 0 spiro atoms. The lowest BCUT2D eigenvalue weighted by atomic mass is 10.0. The number of nitrogens with zero attached hydrogens (tertiary/aromatic N) is 1. The largest absolute Gasteiger partial charge is 0.448 e. The number of carbonyl (C=O) groups excluding carboxylic acids is 1. The Kier molecular flexibility index (Phi) is 4.70. The van der Waals surface area contributed by atoms with Crippen molar-refractivity contribution in [2.75, 3.05) is 27.2 Å². The third kappa shape index (κ3) is 3.28. The van der Waals surface area contributed by atoms with Gasteiger partial charge < -0.3 is 14.6 Å². The molecule has 2 N–H and O–H groups in total. The Morgan fingerprint density at radius 1 is 1.43 bits per heavy atom. The van der Waals surface area contributed by atoms with E-state index < -0.39 is 10.0 Å². The number of hydrogen-bond acceptors (Lipinski definition) is 5. The highest BCUT2D eigenvalue weighted by atomic mass is 32.2. The van der Waals surface area contributed by atoms with E-state index >= 15 is 0 Å². The molecule has 1 fully saturated rings. The number of carbonyl (C=O) groups is 1. The molecule has 118 valence electrons. The Morgan fingerprint density at radius 2 is 2.14 bits per heavy atom. The van der Waals surface area contributed by atoms with E-state index in [2.05, 4.69) is 10.0 Å². The number of hydrogen-bond donors (Lipinski definition) is 2. The van der Waals surface area contributed by atoms with Crippen molar-refractivity contribution < 1.29 is 17.6 Å². The summed E-state index contributed by atoms with van der Waals surface area (Å²) in [6, 6.07) is 1.57. The van der Waals surface area contributed by atoms with E-state index in [-0.39, 0.29) is 17.0 Å². The fraction of sp³-hybridized carbons (Fsp3) is 0.615. The van der Waals surface area contributed by atoms with Crippen molar-refractivity contribution in [1.29, 1.82) is 0 Å². The SMILES string of the molecule is CN[C@H]1CCCN(C(=O)c2cc(S(=O)(=O)NC)oc2C)C1. The second-order valence-corrected chi connectivity index (χ2v) is 6.94. The van der Waals surface area contributed by atoms with Crippen LogP contribution < -0.4 is 10.0 Å². The van der Waals surface area contributed by atoms with Crippen LogP contribution in [0.4, 0.5) is 0 Å². The highest BCUT2D eigenvalue weighted by molar-refractivity contribution is 7.89. The molecule has 0 unspecified atom stereocenters. The van der Waals surface area contributed by atoms with E-state index in [1.54, 1.807) is 11.8 Å². The van der Waals surface area contributed by atoms with Gasteiger partial charge in [-0.2, -0.15) is 0 Å². The van der Waals surface area contributed by atoms with Crippen LogP contribution >= 0.6 is 0 Å². The highest BCUT2D eigenvalue weighted by Crippen LogP contribution is 2.22. The van der Waals surface area contributed by atoms with E-state index in [1.807, 2.05) is 7.05 Å². The predicted molar refractivity (Wildman–Crippen MR) is 77.7 cm³/mol. The van der Waals surface area contributed by atoms with Crippen molar-refractivity contribution >= 4 is 15.9 Å². The minimum Gasteiger partial charge on any atom is -0.448 e. The molecular weight excluding hydrogens is 294 g/mol. The Morgan fingerprint density at radius 3 is 2.76 bits per heavy atom. The first kappa shape index (κ1) is 16.0. The summed E-state index contributed by atoms with van der Waals surface area (Å²) in [6.07, 6.45) is 1.96. The number of amides is 1. The molecule has 21 heavy (non-hydrogen) atoms. The lowest BCUT2D eigenvalue weighted by molar-refractivity contribution is 0.0696. The quantitative estimate of drug-likeness (QED) is 0.835. The zero-order chi connectivity index (χ0) is 15.6. The molecule has 1 aliphatic rings. The summed E-state index contributed by atoms with van der Waals surface area (Å²) in [4.78, 5) is 14.3. The van der Waals surface area contributed by atoms with Crippen LogP contribution in [0, 0.1) is 6.92 Å². The summed E-state index contributed by atoms with van der Waals surface area (Å²) in [5.41, 5.74) is 0.306. The molecule has 0 radical (unpaired) electrons. The first-order valence-electron chi connectivity index (χ1n) is 6.89. The zero-order valence-corrected chi connectivity index (χ0v) is 13.3. The summed E-state index contributed by atoms with van der Waals surface area (Å²) in [6.45, 7) is 2.89. The number of nitrogens with one attached hydrogen (secondary N) is 2. The van der Waals surface area contributed by atoms with Gasteiger partial charge in [-0.3, -0.25) is 4.79 Å². The van der Waals surface area contributed by atoms with Gasteiger partial charge >= 0.3 is 0 Å². The average Bonchev–Trinajstić information content (AvgIpc) is 2.89. The second kappa shape index (κ2) is 6.17. The number of likely N-dealkylation sites (tertiary alicyclic amines) is 1. The van der Waals surface area contributed by atoms with Gasteiger partial charge in [-0.15, -0.1) is 0 Å². The van der Waals surface area contributed by atoms with E-state index in [9.17, 15) is 13.2 Å². The molecule has 7 nitrogen and oxygen atoms in total. The fourth-order valence-electron chi connectivity index (χ4n) is 2.47. The average molecular weight is 315 g/mol. The smallest absolute Gasteiger partial charge is 0.273 e. The van der Waals surface area contributed by atoms with Crippen molar-refractivity contribution in [2.45, 2.75) is 30.9 Å². The molecule has 2 rings (SSSR count). The Hall–Kier alpha value is -1.38. The molecule has 2 heterocycles. The number of aryl methyl sites for hydroxylation is 1. The van der Waals surface area contributed by atoms with Gasteiger partial charge in [0.15, 0.2) is 0 Å². The minimum atomic E-state index is -3.68. The van der Waals surface area contributed by atoms with E-state index in [0.29, 0.717) is 24.4 Å². The van der Waals surface area contributed by atoms with E-state index in [1.165, 1.54) is 13.1 Å². The van der Waals surface area contributed by atoms with Gasteiger partial charge in [-0.1, -0.05) is 0 Å². The maximum absolute atomic E-state index is 12.5. The van der Waals surface area contributed by atoms with Gasteiger partial charge in [0, 0.05) is 25.2 Å². The van der Waals surface area contributed by atoms with Crippen molar-refractivity contribution in [1.82, 2.24) is 14.9 Å². The van der Waals surface area contributed by atoms with Crippen molar-refractivity contribution in [3.63, 3.8) is 0 Å². The first-order chi connectivity index (χ1) is 9.89. The normalized spacial score (nSPS) is 19.8. The van der Waals surface area contributed by atoms with Crippen molar-refractivity contribution in [3.05, 3.63) is 17.4 Å². The maximum atomic E-state index is 12.5. The predicted octanol–water partition coefficient (Wildman–Crippen LogP) is 0.320. The van der Waals surface area contributed by atoms with Crippen LogP contribution in [-0.2, 0) is 10.0 Å². The van der Waals surface area contributed by atoms with E-state index in [4.69, 9.17) is 4.42 Å². The lowest BCUT2D eigenvalue weighted by Crippen LogP contribution is -2.47. The summed E-state index contributed by atoms with van der Waals surface area (Å²) in [5.74, 6) is 0.133. The topological polar surface area (TPSA) is 91.7 Å². The number of rotatable bonds is 4. The third-order valence-electron chi connectivity index (χ3n) is 3.78. The van der Waals surface area contributed by atoms with Gasteiger partial charge in [-0.25, -0.2) is 13.1 Å². The standard InChI is InChI=1S/C13H21N3O4S/c1-9-11(7-12(20-9)21(18,19)15-3)13(17)16-6-4-5-10(8-16)14-2/h7,10,14-15H,4-6,8H2,1-3H3/t10-/m0/s1. The number of piperidine rings is 1. The molecule has 1 aliphatic heterocycles. The molecule has 1 atom stereocenters. The minimum absolute atomic E-state index is 0.186. The van der Waals surface area contributed by atoms with Gasteiger partial charge in [0.25, 0.3) is 15.9 Å². The van der Waals surface area contributed by atoms with Crippen LogP contribution in [0.15, 0.2) is 15.6 Å². The molecule has 0 bridgehead atoms. The lowest BCUT2D eigenvalue weighted by Gasteiger charge is -2.32. The first-order valence-corrected chi connectivity index (χ1v) is 8.38. The molecule has 0 aliphatic carbocycles. The van der Waals surface area contributed by atoms with Gasteiger partial charge in [0.2, 0.25) is 5.09 Å². The summed E-state index contributed by atoms with van der Waals surface area (Å²) in [5, 5.41) is 2.94. The van der Waals surface area contributed by atoms with Crippen LogP contribution in [0.5, 0.6) is 0 Å². The molecule has 1 saturated heterocycles. The van der Waals surface area contributed by atoms with Gasteiger partial charge in [-0.05, 0) is 33.9 Å². The third-order valence-corrected chi connectivity index (χ3v) is 5.04. The second-order valence-electron chi connectivity index (χ2n) is 5.12. The molecule has 8 heteroatoms. The number of likely N-dealkylation sites (N-methyl/N-ethyl adjacent to an activating group) is 1. The Labute approximate surface area is 124 Å². The molecule has 1 aromatic heterocycles. The van der Waals surface area contributed by atoms with Crippen LogP contribution in [-0.4, -0.2) is 52.5 Å². The zero-order valence-electron chi connectivity index (χ0n) is 12.5. The molecule has 0 aromatic carbocycles.